The highest BCUT2D eigenvalue weighted by Crippen LogP contribution is 2.30. The molecule has 0 bridgehead atoms. The van der Waals surface area contributed by atoms with Crippen LogP contribution in [0.1, 0.15) is 38.7 Å². The summed E-state index contributed by atoms with van der Waals surface area (Å²) in [5, 5.41) is 13.0. The first-order chi connectivity index (χ1) is 10.1. The monoisotopic (exact) mass is 285 g/mol. The van der Waals surface area contributed by atoms with Crippen molar-refractivity contribution in [2.24, 2.45) is 5.92 Å². The zero-order valence-corrected chi connectivity index (χ0v) is 13.5. The third kappa shape index (κ3) is 4.06. The molecule has 0 heterocycles. The zero-order valence-electron chi connectivity index (χ0n) is 13.5. The number of hydrogen-bond acceptors (Lipinski definition) is 3. The quantitative estimate of drug-likeness (QED) is 0.797. The third-order valence-corrected chi connectivity index (χ3v) is 4.32. The van der Waals surface area contributed by atoms with Crippen LogP contribution in [0.3, 0.4) is 0 Å². The molecule has 0 aliphatic heterocycles. The minimum atomic E-state index is -0.578. The molecule has 1 saturated carbocycles. The van der Waals surface area contributed by atoms with Crippen molar-refractivity contribution in [3.63, 3.8) is 0 Å². The molecule has 0 amide bonds. The third-order valence-electron chi connectivity index (χ3n) is 4.32. The van der Waals surface area contributed by atoms with Crippen LogP contribution in [0, 0.1) is 17.2 Å². The highest BCUT2D eigenvalue weighted by Gasteiger charge is 2.34. The van der Waals surface area contributed by atoms with Crippen LogP contribution in [0.15, 0.2) is 30.3 Å². The number of rotatable bonds is 8. The number of benzene rings is 1. The van der Waals surface area contributed by atoms with Crippen molar-refractivity contribution >= 4 is 0 Å². The molecule has 0 aromatic heterocycles. The molecule has 1 aromatic rings. The van der Waals surface area contributed by atoms with Crippen LogP contribution in [-0.2, 0) is 5.54 Å². The summed E-state index contributed by atoms with van der Waals surface area (Å²) >= 11 is 0. The number of nitriles is 1. The van der Waals surface area contributed by atoms with Crippen molar-refractivity contribution < 1.29 is 0 Å². The standard InChI is InChI=1S/C18H27N3/c1-15(2)13-21(17-9-10-17)12-11-18(14-19,20-3)16-7-5-4-6-8-16/h4-8,15,17,20H,9-13H2,1-3H3. The average molecular weight is 285 g/mol. The number of hydrogen-bond donors (Lipinski definition) is 1. The maximum atomic E-state index is 9.75. The Morgan fingerprint density at radius 3 is 2.48 bits per heavy atom. The number of nitrogens with one attached hydrogen (secondary N) is 1. The summed E-state index contributed by atoms with van der Waals surface area (Å²) in [6, 6.07) is 13.4. The Bertz CT molecular complexity index is 473. The van der Waals surface area contributed by atoms with Gasteiger partial charge in [0.05, 0.1) is 6.07 Å². The fraction of sp³-hybridized carbons (Fsp3) is 0.611. The van der Waals surface area contributed by atoms with Gasteiger partial charge in [0.2, 0.25) is 0 Å². The van der Waals surface area contributed by atoms with E-state index in [0.717, 1.165) is 31.1 Å². The van der Waals surface area contributed by atoms with Crippen molar-refractivity contribution in [3.8, 4) is 6.07 Å². The predicted molar refractivity (Wildman–Crippen MR) is 86.8 cm³/mol. The Labute approximate surface area is 129 Å². The van der Waals surface area contributed by atoms with Crippen LogP contribution >= 0.6 is 0 Å². The molecule has 3 heteroatoms. The fourth-order valence-corrected chi connectivity index (χ4v) is 2.96. The normalized spacial score (nSPS) is 17.7. The van der Waals surface area contributed by atoms with E-state index < -0.39 is 5.54 Å². The molecule has 1 unspecified atom stereocenters. The van der Waals surface area contributed by atoms with E-state index in [9.17, 15) is 5.26 Å². The first kappa shape index (κ1) is 16.0. The molecule has 3 nitrogen and oxygen atoms in total. The van der Waals surface area contributed by atoms with E-state index in [2.05, 4.69) is 30.1 Å². The molecule has 2 rings (SSSR count). The van der Waals surface area contributed by atoms with Gasteiger partial charge in [0.25, 0.3) is 0 Å². The highest BCUT2D eigenvalue weighted by atomic mass is 15.2. The van der Waals surface area contributed by atoms with E-state index in [1.54, 1.807) is 0 Å². The van der Waals surface area contributed by atoms with Crippen molar-refractivity contribution in [3.05, 3.63) is 35.9 Å². The Morgan fingerprint density at radius 2 is 2.00 bits per heavy atom. The molecule has 1 fully saturated rings. The summed E-state index contributed by atoms with van der Waals surface area (Å²) in [6.07, 6.45) is 3.46. The van der Waals surface area contributed by atoms with Gasteiger partial charge in [0.15, 0.2) is 0 Å². The first-order valence-electron chi connectivity index (χ1n) is 8.01. The second kappa shape index (κ2) is 7.06. The molecule has 1 aromatic carbocycles. The molecule has 0 spiro atoms. The van der Waals surface area contributed by atoms with Crippen LogP contribution in [0.2, 0.25) is 0 Å². The smallest absolute Gasteiger partial charge is 0.133 e. The molecule has 0 radical (unpaired) electrons. The van der Waals surface area contributed by atoms with Gasteiger partial charge >= 0.3 is 0 Å². The van der Waals surface area contributed by atoms with Crippen LogP contribution < -0.4 is 5.32 Å². The van der Waals surface area contributed by atoms with Gasteiger partial charge in [-0.25, -0.2) is 0 Å². The Hall–Kier alpha value is -1.37. The maximum absolute atomic E-state index is 9.75. The summed E-state index contributed by atoms with van der Waals surface area (Å²) < 4.78 is 0. The van der Waals surface area contributed by atoms with Crippen LogP contribution in [0.4, 0.5) is 0 Å². The molecule has 21 heavy (non-hydrogen) atoms. The molecular formula is C18H27N3. The molecule has 1 N–H and O–H groups in total. The van der Waals surface area contributed by atoms with Crippen molar-refractivity contribution in [1.29, 1.82) is 5.26 Å². The van der Waals surface area contributed by atoms with Gasteiger partial charge in [-0.2, -0.15) is 5.26 Å². The van der Waals surface area contributed by atoms with Crippen LogP contribution in [0.5, 0.6) is 0 Å². The Balaban J connectivity index is 2.07. The van der Waals surface area contributed by atoms with E-state index in [4.69, 9.17) is 0 Å². The summed E-state index contributed by atoms with van der Waals surface area (Å²) in [7, 11) is 1.89. The topological polar surface area (TPSA) is 39.1 Å². The minimum absolute atomic E-state index is 0.578. The summed E-state index contributed by atoms with van der Waals surface area (Å²) in [6.45, 7) is 6.64. The van der Waals surface area contributed by atoms with Crippen molar-refractivity contribution in [1.82, 2.24) is 10.2 Å². The van der Waals surface area contributed by atoms with E-state index in [-0.39, 0.29) is 0 Å². The largest absolute Gasteiger partial charge is 0.300 e. The average Bonchev–Trinajstić information content (AvgIpc) is 3.33. The van der Waals surface area contributed by atoms with E-state index in [1.165, 1.54) is 12.8 Å². The lowest BCUT2D eigenvalue weighted by molar-refractivity contribution is 0.211. The second-order valence-electron chi connectivity index (χ2n) is 6.50. The number of nitrogens with zero attached hydrogens (tertiary/aromatic N) is 2. The van der Waals surface area contributed by atoms with Gasteiger partial charge in [-0.3, -0.25) is 5.32 Å². The molecule has 0 saturated heterocycles. The molecule has 1 aliphatic carbocycles. The van der Waals surface area contributed by atoms with E-state index in [1.807, 2.05) is 37.4 Å². The van der Waals surface area contributed by atoms with E-state index >= 15 is 0 Å². The lowest BCUT2D eigenvalue weighted by Crippen LogP contribution is -2.43. The minimum Gasteiger partial charge on any atom is -0.300 e. The summed E-state index contributed by atoms with van der Waals surface area (Å²) in [5.41, 5.74) is 0.487. The zero-order chi connectivity index (χ0) is 15.3. The molecule has 1 aliphatic rings. The maximum Gasteiger partial charge on any atom is 0.133 e. The molecule has 114 valence electrons. The first-order valence-corrected chi connectivity index (χ1v) is 8.01. The van der Waals surface area contributed by atoms with Crippen molar-refractivity contribution in [2.75, 3.05) is 20.1 Å². The van der Waals surface area contributed by atoms with Gasteiger partial charge in [0.1, 0.15) is 5.54 Å². The van der Waals surface area contributed by atoms with Gasteiger partial charge in [-0.15, -0.1) is 0 Å². The fourth-order valence-electron chi connectivity index (χ4n) is 2.96. The van der Waals surface area contributed by atoms with Crippen LogP contribution in [0.25, 0.3) is 0 Å². The predicted octanol–water partition coefficient (Wildman–Crippen LogP) is 3.14. The lowest BCUT2D eigenvalue weighted by atomic mass is 9.88. The van der Waals surface area contributed by atoms with Gasteiger partial charge in [-0.1, -0.05) is 44.2 Å². The summed E-state index contributed by atoms with van der Waals surface area (Å²) in [4.78, 5) is 2.57. The van der Waals surface area contributed by atoms with E-state index in [0.29, 0.717) is 5.92 Å². The molecular weight excluding hydrogens is 258 g/mol. The highest BCUT2D eigenvalue weighted by molar-refractivity contribution is 5.31. The Morgan fingerprint density at radius 1 is 1.33 bits per heavy atom. The Kier molecular flexibility index (Phi) is 5.39. The molecule has 1 atom stereocenters. The van der Waals surface area contributed by atoms with Crippen molar-refractivity contribution in [2.45, 2.75) is 44.7 Å². The second-order valence-corrected chi connectivity index (χ2v) is 6.50. The lowest BCUT2D eigenvalue weighted by Gasteiger charge is -2.31. The van der Waals surface area contributed by atoms with Crippen LogP contribution in [-0.4, -0.2) is 31.1 Å². The van der Waals surface area contributed by atoms with Gasteiger partial charge in [0, 0.05) is 19.1 Å². The van der Waals surface area contributed by atoms with Gasteiger partial charge < -0.3 is 4.90 Å². The SMILES string of the molecule is CNC(C#N)(CCN(CC(C)C)C1CC1)c1ccccc1. The summed E-state index contributed by atoms with van der Waals surface area (Å²) in [5.74, 6) is 0.674. The van der Waals surface area contributed by atoms with Gasteiger partial charge in [-0.05, 0) is 37.8 Å².